The molecule has 2 heterocycles. The normalized spacial score (nSPS) is 11.6. The van der Waals surface area contributed by atoms with Crippen LogP contribution in [0.3, 0.4) is 0 Å². The average molecular weight is 780 g/mol. The maximum Gasteiger partial charge on any atom is 0.227 e. The highest BCUT2D eigenvalue weighted by Gasteiger charge is 2.19. The molecule has 0 amide bonds. The van der Waals surface area contributed by atoms with Gasteiger partial charge in [-0.15, -0.1) is 0 Å². The lowest BCUT2D eigenvalue weighted by atomic mass is 10.00. The number of fused-ring (bicyclic) bond motifs is 7. The number of aromatic nitrogens is 2. The fourth-order valence-electron chi connectivity index (χ4n) is 8.97. The number of para-hydroxylation sites is 2. The van der Waals surface area contributed by atoms with Crippen molar-refractivity contribution in [3.05, 3.63) is 224 Å². The van der Waals surface area contributed by atoms with Gasteiger partial charge in [0.25, 0.3) is 0 Å². The molecule has 0 aliphatic rings. The van der Waals surface area contributed by atoms with Crippen LogP contribution in [0.25, 0.3) is 93.8 Å². The Morgan fingerprint density at radius 2 is 0.918 bits per heavy atom. The highest BCUT2D eigenvalue weighted by Crippen LogP contribution is 2.41. The molecule has 4 nitrogen and oxygen atoms in total. The van der Waals surface area contributed by atoms with E-state index in [-0.39, 0.29) is 0 Å². The van der Waals surface area contributed by atoms with Gasteiger partial charge in [0.05, 0.1) is 11.0 Å². The SMILES string of the molecule is c1ccc(-c2nc3ccc4cc(-c5ccc(N(c6ccc(-c7ccc8ccccc8c7)cc6)c6ccc7c8ccccc8n(-c8ccccc8)c7c6)cc5)ccc4c3o2)cc1. The number of hydrogen-bond acceptors (Lipinski definition) is 3. The van der Waals surface area contributed by atoms with Crippen LogP contribution in [-0.2, 0) is 0 Å². The van der Waals surface area contributed by atoms with Gasteiger partial charge in [-0.05, 0) is 129 Å². The van der Waals surface area contributed by atoms with Crippen molar-refractivity contribution in [1.29, 1.82) is 0 Å². The van der Waals surface area contributed by atoms with Crippen LogP contribution in [0.4, 0.5) is 17.1 Å². The first-order valence-corrected chi connectivity index (χ1v) is 20.7. The molecule has 4 heteroatoms. The third-order valence-corrected chi connectivity index (χ3v) is 12.0. The van der Waals surface area contributed by atoms with E-state index in [1.807, 2.05) is 30.3 Å². The Morgan fingerprint density at radius 3 is 1.67 bits per heavy atom. The van der Waals surface area contributed by atoms with E-state index in [0.29, 0.717) is 5.89 Å². The molecule has 10 aromatic carbocycles. The van der Waals surface area contributed by atoms with Gasteiger partial charge in [0, 0.05) is 44.5 Å². The topological polar surface area (TPSA) is 34.2 Å². The van der Waals surface area contributed by atoms with Crippen molar-refractivity contribution in [2.45, 2.75) is 0 Å². The van der Waals surface area contributed by atoms with Gasteiger partial charge in [-0.3, -0.25) is 0 Å². The van der Waals surface area contributed by atoms with Crippen molar-refractivity contribution in [3.8, 4) is 39.4 Å². The molecule has 0 bridgehead atoms. The zero-order valence-corrected chi connectivity index (χ0v) is 33.1. The number of anilines is 3. The molecule has 0 aliphatic heterocycles. The molecule has 0 atom stereocenters. The Kier molecular flexibility index (Phi) is 8.13. The van der Waals surface area contributed by atoms with Crippen molar-refractivity contribution in [2.24, 2.45) is 0 Å². The minimum atomic E-state index is 0.635. The predicted molar refractivity (Wildman–Crippen MR) is 254 cm³/mol. The summed E-state index contributed by atoms with van der Waals surface area (Å²) in [6.07, 6.45) is 0. The first-order valence-electron chi connectivity index (χ1n) is 20.7. The van der Waals surface area contributed by atoms with Crippen LogP contribution in [0.5, 0.6) is 0 Å². The summed E-state index contributed by atoms with van der Waals surface area (Å²) in [5, 5.41) is 7.10. The van der Waals surface area contributed by atoms with Crippen molar-refractivity contribution in [3.63, 3.8) is 0 Å². The van der Waals surface area contributed by atoms with Crippen LogP contribution in [0, 0.1) is 0 Å². The van der Waals surface area contributed by atoms with Crippen LogP contribution in [0.1, 0.15) is 0 Å². The molecule has 2 aromatic heterocycles. The van der Waals surface area contributed by atoms with Crippen LogP contribution >= 0.6 is 0 Å². The van der Waals surface area contributed by atoms with E-state index in [1.54, 1.807) is 0 Å². The molecular weight excluding hydrogens is 743 g/mol. The zero-order chi connectivity index (χ0) is 40.3. The van der Waals surface area contributed by atoms with Crippen molar-refractivity contribution in [1.82, 2.24) is 9.55 Å². The second-order valence-corrected chi connectivity index (χ2v) is 15.6. The molecule has 0 aliphatic carbocycles. The highest BCUT2D eigenvalue weighted by atomic mass is 16.3. The minimum Gasteiger partial charge on any atom is -0.435 e. The zero-order valence-electron chi connectivity index (χ0n) is 33.1. The lowest BCUT2D eigenvalue weighted by Gasteiger charge is -2.26. The van der Waals surface area contributed by atoms with Crippen LogP contribution in [0.15, 0.2) is 229 Å². The number of rotatable bonds is 7. The summed E-state index contributed by atoms with van der Waals surface area (Å²) in [4.78, 5) is 7.16. The first kappa shape index (κ1) is 34.8. The van der Waals surface area contributed by atoms with E-state index in [9.17, 15) is 0 Å². The van der Waals surface area contributed by atoms with E-state index in [1.165, 1.54) is 38.2 Å². The largest absolute Gasteiger partial charge is 0.435 e. The molecule has 0 fully saturated rings. The van der Waals surface area contributed by atoms with Gasteiger partial charge in [-0.2, -0.15) is 0 Å². The molecule has 12 rings (SSSR count). The summed E-state index contributed by atoms with van der Waals surface area (Å²) in [5.74, 6) is 0.635. The second kappa shape index (κ2) is 14.3. The van der Waals surface area contributed by atoms with Crippen LogP contribution in [0.2, 0.25) is 0 Å². The Bertz CT molecular complexity index is 3570. The minimum absolute atomic E-state index is 0.635. The summed E-state index contributed by atoms with van der Waals surface area (Å²) in [7, 11) is 0. The van der Waals surface area contributed by atoms with E-state index in [4.69, 9.17) is 9.40 Å². The van der Waals surface area contributed by atoms with Gasteiger partial charge in [-0.25, -0.2) is 4.98 Å². The lowest BCUT2D eigenvalue weighted by Crippen LogP contribution is -2.10. The fraction of sp³-hybridized carbons (Fsp3) is 0. The third-order valence-electron chi connectivity index (χ3n) is 12.0. The molecule has 0 saturated carbocycles. The van der Waals surface area contributed by atoms with Crippen LogP contribution < -0.4 is 4.90 Å². The maximum atomic E-state index is 6.35. The predicted octanol–water partition coefficient (Wildman–Crippen LogP) is 15.7. The molecule has 0 saturated heterocycles. The molecule has 286 valence electrons. The standard InChI is InChI=1S/C57H37N3O/c1-3-12-41(13-4-1)57-58-53-34-26-45-36-44(25-32-50(45)56(53)61-57)40-23-29-48(30-24-40)59(47-27-21-39(22-28-47)43-20-19-38-11-7-8-14-42(38)35-43)49-31-33-52-51-17-9-10-18-54(51)60(55(52)37-49)46-15-5-2-6-16-46/h1-37H. The Balaban J connectivity index is 0.957. The summed E-state index contributed by atoms with van der Waals surface area (Å²) >= 11 is 0. The Morgan fingerprint density at radius 1 is 0.361 bits per heavy atom. The molecule has 0 radical (unpaired) electrons. The summed E-state index contributed by atoms with van der Waals surface area (Å²) in [6, 6.07) is 80.2. The summed E-state index contributed by atoms with van der Waals surface area (Å²) < 4.78 is 8.73. The molecular formula is C57H37N3O. The number of oxazole rings is 1. The summed E-state index contributed by atoms with van der Waals surface area (Å²) in [6.45, 7) is 0. The van der Waals surface area contributed by atoms with Gasteiger partial charge >= 0.3 is 0 Å². The quantitative estimate of drug-likeness (QED) is 0.162. The Hall–Kier alpha value is -8.21. The van der Waals surface area contributed by atoms with Crippen molar-refractivity contribution >= 4 is 71.5 Å². The smallest absolute Gasteiger partial charge is 0.227 e. The van der Waals surface area contributed by atoms with E-state index < -0.39 is 0 Å². The number of hydrogen-bond donors (Lipinski definition) is 0. The third kappa shape index (κ3) is 6.04. The summed E-state index contributed by atoms with van der Waals surface area (Å²) in [5.41, 5.74) is 14.0. The molecule has 61 heavy (non-hydrogen) atoms. The van der Waals surface area contributed by atoms with Crippen LogP contribution in [-0.4, -0.2) is 9.55 Å². The monoisotopic (exact) mass is 779 g/mol. The van der Waals surface area contributed by atoms with Crippen molar-refractivity contribution in [2.75, 3.05) is 4.90 Å². The van der Waals surface area contributed by atoms with E-state index in [0.717, 1.165) is 66.8 Å². The van der Waals surface area contributed by atoms with E-state index >= 15 is 0 Å². The number of nitrogens with zero attached hydrogens (tertiary/aromatic N) is 3. The molecule has 0 spiro atoms. The van der Waals surface area contributed by atoms with Gasteiger partial charge in [0.2, 0.25) is 5.89 Å². The average Bonchev–Trinajstić information content (AvgIpc) is 3.92. The lowest BCUT2D eigenvalue weighted by molar-refractivity contribution is 0.623. The second-order valence-electron chi connectivity index (χ2n) is 15.6. The van der Waals surface area contributed by atoms with Crippen molar-refractivity contribution < 1.29 is 4.42 Å². The fourth-order valence-corrected chi connectivity index (χ4v) is 8.97. The molecule has 0 N–H and O–H groups in total. The number of benzene rings is 10. The van der Waals surface area contributed by atoms with E-state index in [2.05, 4.69) is 204 Å². The van der Waals surface area contributed by atoms with Gasteiger partial charge in [-0.1, -0.05) is 133 Å². The molecule has 12 aromatic rings. The first-order chi connectivity index (χ1) is 30.2. The maximum absolute atomic E-state index is 6.35. The van der Waals surface area contributed by atoms with Gasteiger partial charge < -0.3 is 13.9 Å². The van der Waals surface area contributed by atoms with Gasteiger partial charge in [0.1, 0.15) is 5.52 Å². The highest BCUT2D eigenvalue weighted by molar-refractivity contribution is 6.10. The molecule has 0 unspecified atom stereocenters. The van der Waals surface area contributed by atoms with Gasteiger partial charge in [0.15, 0.2) is 5.58 Å². The Labute approximate surface area is 352 Å².